The molecule has 1 fully saturated rings. The van der Waals surface area contributed by atoms with Crippen LogP contribution in [0.3, 0.4) is 0 Å². The Kier molecular flexibility index (Phi) is 4.81. The molecule has 1 saturated heterocycles. The average Bonchev–Trinajstić information content (AvgIpc) is 2.38. The molecule has 1 N–H and O–H groups in total. The van der Waals surface area contributed by atoms with Gasteiger partial charge in [0.1, 0.15) is 11.6 Å². The predicted octanol–water partition coefficient (Wildman–Crippen LogP) is 3.50. The first-order chi connectivity index (χ1) is 9.11. The number of halogens is 1. The quantitative estimate of drug-likeness (QED) is 0.899. The Morgan fingerprint density at radius 2 is 2.21 bits per heavy atom. The molecule has 1 heterocycles. The molecule has 19 heavy (non-hydrogen) atoms. The number of rotatable bonds is 4. The molecule has 1 aliphatic rings. The Bertz CT molecular complexity index is 425. The van der Waals surface area contributed by atoms with E-state index in [1.807, 2.05) is 19.9 Å². The summed E-state index contributed by atoms with van der Waals surface area (Å²) in [5.41, 5.74) is 1.74. The molecule has 0 aliphatic carbocycles. The van der Waals surface area contributed by atoms with Gasteiger partial charge in [0.05, 0.1) is 7.11 Å². The molecule has 1 aromatic carbocycles. The van der Waals surface area contributed by atoms with E-state index in [0.29, 0.717) is 17.2 Å². The van der Waals surface area contributed by atoms with E-state index in [0.717, 1.165) is 25.1 Å². The molecule has 1 atom stereocenters. The van der Waals surface area contributed by atoms with Gasteiger partial charge in [0.15, 0.2) is 0 Å². The Labute approximate surface area is 115 Å². The normalized spacial score (nSPS) is 19.7. The second kappa shape index (κ2) is 6.38. The van der Waals surface area contributed by atoms with Gasteiger partial charge >= 0.3 is 0 Å². The topological polar surface area (TPSA) is 21.3 Å². The van der Waals surface area contributed by atoms with Gasteiger partial charge in [-0.25, -0.2) is 4.39 Å². The standard InChI is InChI=1S/C16H24FNO/c1-11(2)16-14(17)8-13(9-15(16)19-3)7-12-5-4-6-18-10-12/h8-9,11-12,18H,4-7,10H2,1-3H3. The van der Waals surface area contributed by atoms with Crippen molar-refractivity contribution in [1.29, 1.82) is 0 Å². The summed E-state index contributed by atoms with van der Waals surface area (Å²) in [4.78, 5) is 0. The maximum Gasteiger partial charge on any atom is 0.130 e. The summed E-state index contributed by atoms with van der Waals surface area (Å²) in [6.45, 7) is 6.13. The van der Waals surface area contributed by atoms with Crippen LogP contribution >= 0.6 is 0 Å². The molecule has 0 amide bonds. The lowest BCUT2D eigenvalue weighted by Crippen LogP contribution is -2.30. The first kappa shape index (κ1) is 14.3. The van der Waals surface area contributed by atoms with Gasteiger partial charge in [-0.05, 0) is 61.9 Å². The zero-order valence-corrected chi connectivity index (χ0v) is 12.1. The minimum atomic E-state index is -0.131. The van der Waals surface area contributed by atoms with Crippen molar-refractivity contribution >= 4 is 0 Å². The van der Waals surface area contributed by atoms with Crippen LogP contribution < -0.4 is 10.1 Å². The van der Waals surface area contributed by atoms with Gasteiger partial charge in [-0.15, -0.1) is 0 Å². The maximum absolute atomic E-state index is 14.2. The molecule has 3 heteroatoms. The third-order valence-corrected chi connectivity index (χ3v) is 3.87. The molecule has 0 saturated carbocycles. The van der Waals surface area contributed by atoms with Gasteiger partial charge in [-0.2, -0.15) is 0 Å². The van der Waals surface area contributed by atoms with Crippen LogP contribution in [0.15, 0.2) is 12.1 Å². The molecule has 0 spiro atoms. The number of piperidine rings is 1. The second-order valence-corrected chi connectivity index (χ2v) is 5.76. The zero-order valence-electron chi connectivity index (χ0n) is 12.1. The van der Waals surface area contributed by atoms with Crippen LogP contribution in [0, 0.1) is 11.7 Å². The van der Waals surface area contributed by atoms with Gasteiger partial charge in [-0.1, -0.05) is 13.8 Å². The molecule has 0 bridgehead atoms. The number of nitrogens with one attached hydrogen (secondary N) is 1. The van der Waals surface area contributed by atoms with Crippen molar-refractivity contribution in [2.45, 2.75) is 39.0 Å². The van der Waals surface area contributed by atoms with E-state index in [9.17, 15) is 4.39 Å². The van der Waals surface area contributed by atoms with Crippen molar-refractivity contribution in [2.24, 2.45) is 5.92 Å². The SMILES string of the molecule is COc1cc(CC2CCCNC2)cc(F)c1C(C)C. The lowest BCUT2D eigenvalue weighted by atomic mass is 9.90. The zero-order chi connectivity index (χ0) is 13.8. The highest BCUT2D eigenvalue weighted by atomic mass is 19.1. The van der Waals surface area contributed by atoms with Crippen LogP contribution in [0.2, 0.25) is 0 Å². The smallest absolute Gasteiger partial charge is 0.130 e. The molecule has 0 radical (unpaired) electrons. The van der Waals surface area contributed by atoms with E-state index in [1.165, 1.54) is 12.8 Å². The van der Waals surface area contributed by atoms with Crippen LogP contribution in [0.5, 0.6) is 5.75 Å². The van der Waals surface area contributed by atoms with Gasteiger partial charge < -0.3 is 10.1 Å². The van der Waals surface area contributed by atoms with Crippen LogP contribution in [0.4, 0.5) is 4.39 Å². The van der Waals surface area contributed by atoms with Crippen LogP contribution in [0.25, 0.3) is 0 Å². The predicted molar refractivity (Wildman–Crippen MR) is 76.3 cm³/mol. The summed E-state index contributed by atoms with van der Waals surface area (Å²) in [6.07, 6.45) is 3.37. The Balaban J connectivity index is 2.19. The van der Waals surface area contributed by atoms with E-state index in [-0.39, 0.29) is 11.7 Å². The monoisotopic (exact) mass is 265 g/mol. The van der Waals surface area contributed by atoms with E-state index < -0.39 is 0 Å². The molecule has 106 valence electrons. The Hall–Kier alpha value is -1.09. The Morgan fingerprint density at radius 1 is 1.42 bits per heavy atom. The summed E-state index contributed by atoms with van der Waals surface area (Å²) >= 11 is 0. The first-order valence-electron chi connectivity index (χ1n) is 7.18. The first-order valence-corrected chi connectivity index (χ1v) is 7.18. The van der Waals surface area contributed by atoms with E-state index in [1.54, 1.807) is 13.2 Å². The van der Waals surface area contributed by atoms with Gasteiger partial charge in [0.2, 0.25) is 0 Å². The highest BCUT2D eigenvalue weighted by Crippen LogP contribution is 2.31. The molecular weight excluding hydrogens is 241 g/mol. The lowest BCUT2D eigenvalue weighted by molar-refractivity contribution is 0.372. The van der Waals surface area contributed by atoms with Crippen molar-refractivity contribution in [2.75, 3.05) is 20.2 Å². The van der Waals surface area contributed by atoms with Crippen LogP contribution in [-0.4, -0.2) is 20.2 Å². The fourth-order valence-corrected chi connectivity index (χ4v) is 2.92. The molecular formula is C16H24FNO. The van der Waals surface area contributed by atoms with E-state index >= 15 is 0 Å². The van der Waals surface area contributed by atoms with Crippen molar-refractivity contribution in [3.05, 3.63) is 29.1 Å². The third-order valence-electron chi connectivity index (χ3n) is 3.87. The highest BCUT2D eigenvalue weighted by Gasteiger charge is 2.18. The lowest BCUT2D eigenvalue weighted by Gasteiger charge is -2.23. The highest BCUT2D eigenvalue weighted by molar-refractivity contribution is 5.41. The van der Waals surface area contributed by atoms with Crippen LogP contribution in [0.1, 0.15) is 43.7 Å². The fraction of sp³-hybridized carbons (Fsp3) is 0.625. The minimum absolute atomic E-state index is 0.131. The van der Waals surface area contributed by atoms with Gasteiger partial charge in [-0.3, -0.25) is 0 Å². The molecule has 1 aliphatic heterocycles. The number of methoxy groups -OCH3 is 1. The minimum Gasteiger partial charge on any atom is -0.496 e. The summed E-state index contributed by atoms with van der Waals surface area (Å²) in [6, 6.07) is 3.69. The maximum atomic E-state index is 14.2. The second-order valence-electron chi connectivity index (χ2n) is 5.76. The third kappa shape index (κ3) is 3.47. The summed E-state index contributed by atoms with van der Waals surface area (Å²) < 4.78 is 19.6. The van der Waals surface area contributed by atoms with Gasteiger partial charge in [0, 0.05) is 5.56 Å². The molecule has 2 rings (SSSR count). The van der Waals surface area contributed by atoms with Crippen molar-refractivity contribution in [3.8, 4) is 5.75 Å². The molecule has 2 nitrogen and oxygen atoms in total. The molecule has 1 unspecified atom stereocenters. The summed E-state index contributed by atoms with van der Waals surface area (Å²) in [5.74, 6) is 1.31. The number of ether oxygens (including phenoxy) is 1. The number of hydrogen-bond donors (Lipinski definition) is 1. The van der Waals surface area contributed by atoms with Crippen molar-refractivity contribution in [3.63, 3.8) is 0 Å². The van der Waals surface area contributed by atoms with Crippen molar-refractivity contribution < 1.29 is 9.13 Å². The molecule has 1 aromatic rings. The molecule has 0 aromatic heterocycles. The van der Waals surface area contributed by atoms with Crippen LogP contribution in [-0.2, 0) is 6.42 Å². The van der Waals surface area contributed by atoms with Gasteiger partial charge in [0.25, 0.3) is 0 Å². The largest absolute Gasteiger partial charge is 0.496 e. The summed E-state index contributed by atoms with van der Waals surface area (Å²) in [7, 11) is 1.62. The number of hydrogen-bond acceptors (Lipinski definition) is 2. The average molecular weight is 265 g/mol. The number of benzene rings is 1. The van der Waals surface area contributed by atoms with Crippen molar-refractivity contribution in [1.82, 2.24) is 5.32 Å². The summed E-state index contributed by atoms with van der Waals surface area (Å²) in [5, 5.41) is 3.40. The fourth-order valence-electron chi connectivity index (χ4n) is 2.92. The Morgan fingerprint density at radius 3 is 2.79 bits per heavy atom. The van der Waals surface area contributed by atoms with E-state index in [2.05, 4.69) is 5.32 Å². The van der Waals surface area contributed by atoms with E-state index in [4.69, 9.17) is 4.74 Å².